The zero-order chi connectivity index (χ0) is 15.2. The number of H-pyrrole nitrogens is 1. The summed E-state index contributed by atoms with van der Waals surface area (Å²) in [5.74, 6) is 0.808. The van der Waals surface area contributed by atoms with Crippen LogP contribution in [0, 0.1) is 0 Å². The van der Waals surface area contributed by atoms with Crippen molar-refractivity contribution in [3.8, 4) is 0 Å². The molecule has 3 nitrogen and oxygen atoms in total. The Kier molecular flexibility index (Phi) is 6.32. The first-order valence-corrected chi connectivity index (χ1v) is 7.73. The molecule has 0 aliphatic rings. The molecule has 2 N–H and O–H groups in total. The maximum atomic E-state index is 4.74. The Bertz CT molecular complexity index is 759. The van der Waals surface area contributed by atoms with Gasteiger partial charge in [-0.15, -0.1) is 0 Å². The van der Waals surface area contributed by atoms with Crippen molar-refractivity contribution in [2.24, 2.45) is 4.99 Å². The van der Waals surface area contributed by atoms with Crippen LogP contribution in [0.25, 0.3) is 0 Å². The lowest BCUT2D eigenvalue weighted by atomic mass is 10.2. The minimum Gasteiger partial charge on any atom is -1.00 e. The zero-order valence-electron chi connectivity index (χ0n) is 12.2. The van der Waals surface area contributed by atoms with Crippen LogP contribution in [-0.4, -0.2) is 5.84 Å². The van der Waals surface area contributed by atoms with Crippen LogP contribution in [0.3, 0.4) is 0 Å². The number of aromatic amines is 1. The van der Waals surface area contributed by atoms with Crippen molar-refractivity contribution in [3.63, 3.8) is 0 Å². The molecule has 23 heavy (non-hydrogen) atoms. The Morgan fingerprint density at radius 3 is 2.30 bits per heavy atom. The fourth-order valence-electron chi connectivity index (χ4n) is 2.01. The molecular weight excluding hydrogens is 374 g/mol. The maximum absolute atomic E-state index is 4.74. The number of pyridine rings is 1. The van der Waals surface area contributed by atoms with Gasteiger partial charge in [-0.3, -0.25) is 0 Å². The monoisotopic (exact) mass is 387 g/mol. The summed E-state index contributed by atoms with van der Waals surface area (Å²) >= 11 is 3.44. The molecule has 0 unspecified atom stereocenters. The van der Waals surface area contributed by atoms with Crippen molar-refractivity contribution in [2.75, 3.05) is 5.32 Å². The Balaban J connectivity index is 0.00000192. The summed E-state index contributed by atoms with van der Waals surface area (Å²) in [7, 11) is 0. The molecular formula is C18H15BrClN3. The number of hydrogen-bond acceptors (Lipinski definition) is 1. The van der Waals surface area contributed by atoms with Gasteiger partial charge >= 0.3 is 0 Å². The molecule has 0 saturated carbocycles. The van der Waals surface area contributed by atoms with Crippen LogP contribution in [0.1, 0.15) is 5.56 Å². The lowest BCUT2D eigenvalue weighted by molar-refractivity contribution is -0.377. The van der Waals surface area contributed by atoms with E-state index in [-0.39, 0.29) is 12.4 Å². The molecule has 116 valence electrons. The molecule has 0 bridgehead atoms. The minimum atomic E-state index is 0. The van der Waals surface area contributed by atoms with E-state index in [1.165, 1.54) is 0 Å². The van der Waals surface area contributed by atoms with Gasteiger partial charge in [0, 0.05) is 16.1 Å². The average Bonchev–Trinajstić information content (AvgIpc) is 2.58. The Morgan fingerprint density at radius 2 is 1.65 bits per heavy atom. The van der Waals surface area contributed by atoms with E-state index >= 15 is 0 Å². The van der Waals surface area contributed by atoms with Crippen LogP contribution in [0.15, 0.2) is 88.6 Å². The maximum Gasteiger partial charge on any atom is 0.190 e. The number of halogens is 2. The number of benzene rings is 2. The SMILES string of the molecule is Brc1ccc(N=C(Nc2ccc[nH+]c2)c2ccccc2)cc1.[Cl-]. The van der Waals surface area contributed by atoms with E-state index in [0.29, 0.717) is 0 Å². The summed E-state index contributed by atoms with van der Waals surface area (Å²) in [6.45, 7) is 0. The number of aromatic nitrogens is 1. The van der Waals surface area contributed by atoms with Gasteiger partial charge in [0.2, 0.25) is 0 Å². The second-order valence-corrected chi connectivity index (χ2v) is 5.64. The van der Waals surface area contributed by atoms with Gasteiger partial charge in [0.1, 0.15) is 11.5 Å². The molecule has 0 aliphatic heterocycles. The van der Waals surface area contributed by atoms with Gasteiger partial charge in [0.05, 0.1) is 5.69 Å². The summed E-state index contributed by atoms with van der Waals surface area (Å²) in [4.78, 5) is 7.80. The van der Waals surface area contributed by atoms with Crippen LogP contribution < -0.4 is 22.7 Å². The first-order valence-electron chi connectivity index (χ1n) is 6.94. The lowest BCUT2D eigenvalue weighted by Gasteiger charge is -2.09. The lowest BCUT2D eigenvalue weighted by Crippen LogP contribution is -3.00. The highest BCUT2D eigenvalue weighted by molar-refractivity contribution is 9.10. The molecule has 3 rings (SSSR count). The van der Waals surface area contributed by atoms with E-state index in [0.717, 1.165) is 27.2 Å². The van der Waals surface area contributed by atoms with E-state index in [4.69, 9.17) is 4.99 Å². The third kappa shape index (κ3) is 4.91. The van der Waals surface area contributed by atoms with Crippen molar-refractivity contribution in [3.05, 3.63) is 89.2 Å². The smallest absolute Gasteiger partial charge is 0.190 e. The zero-order valence-corrected chi connectivity index (χ0v) is 14.6. The van der Waals surface area contributed by atoms with Crippen LogP contribution in [0.2, 0.25) is 0 Å². The van der Waals surface area contributed by atoms with E-state index in [1.807, 2.05) is 79.1 Å². The molecule has 2 aromatic carbocycles. The van der Waals surface area contributed by atoms with Gasteiger partial charge in [-0.2, -0.15) is 0 Å². The minimum absolute atomic E-state index is 0. The molecule has 0 spiro atoms. The first kappa shape index (κ1) is 17.2. The highest BCUT2D eigenvalue weighted by Gasteiger charge is 2.05. The number of nitrogens with zero attached hydrogens (tertiary/aromatic N) is 1. The molecule has 0 atom stereocenters. The number of aliphatic imine (C=N–C) groups is 1. The van der Waals surface area contributed by atoms with E-state index in [2.05, 4.69) is 26.2 Å². The van der Waals surface area contributed by atoms with Gasteiger partial charge < -0.3 is 17.7 Å². The number of rotatable bonds is 3. The van der Waals surface area contributed by atoms with Crippen LogP contribution in [0.4, 0.5) is 11.4 Å². The second-order valence-electron chi connectivity index (χ2n) is 4.72. The predicted octanol–water partition coefficient (Wildman–Crippen LogP) is 1.46. The summed E-state index contributed by atoms with van der Waals surface area (Å²) in [5.41, 5.74) is 2.89. The third-order valence-electron chi connectivity index (χ3n) is 3.08. The molecule has 0 radical (unpaired) electrons. The molecule has 5 heteroatoms. The second kappa shape index (κ2) is 8.46. The Labute approximate surface area is 150 Å². The van der Waals surface area contributed by atoms with E-state index in [9.17, 15) is 0 Å². The fraction of sp³-hybridized carbons (Fsp3) is 0. The van der Waals surface area contributed by atoms with Crippen molar-refractivity contribution >= 4 is 33.1 Å². The van der Waals surface area contributed by atoms with Crippen LogP contribution in [0.5, 0.6) is 0 Å². The highest BCUT2D eigenvalue weighted by atomic mass is 79.9. The van der Waals surface area contributed by atoms with Gasteiger partial charge in [-0.25, -0.2) is 9.98 Å². The Hall–Kier alpha value is -2.17. The number of anilines is 1. The Morgan fingerprint density at radius 1 is 0.913 bits per heavy atom. The molecule has 0 saturated heterocycles. The number of hydrogen-bond donors (Lipinski definition) is 1. The topological polar surface area (TPSA) is 38.5 Å². The predicted molar refractivity (Wildman–Crippen MR) is 93.4 cm³/mol. The summed E-state index contributed by atoms with van der Waals surface area (Å²) in [6, 6.07) is 22.0. The van der Waals surface area contributed by atoms with Crippen molar-refractivity contribution in [2.45, 2.75) is 0 Å². The third-order valence-corrected chi connectivity index (χ3v) is 3.61. The number of amidine groups is 1. The van der Waals surface area contributed by atoms with Gasteiger partial charge in [-0.1, -0.05) is 46.3 Å². The largest absolute Gasteiger partial charge is 1.00 e. The molecule has 0 fully saturated rings. The van der Waals surface area contributed by atoms with Crippen LogP contribution in [-0.2, 0) is 0 Å². The van der Waals surface area contributed by atoms with Gasteiger partial charge in [-0.05, 0) is 30.3 Å². The number of nitrogens with one attached hydrogen (secondary N) is 2. The standard InChI is InChI=1S/C18H14BrN3.ClH/c19-15-8-10-16(11-9-15)21-18(14-5-2-1-3-6-14)22-17-7-4-12-20-13-17;/h1-13H,(H,21,22);1H. The van der Waals surface area contributed by atoms with E-state index in [1.54, 1.807) is 0 Å². The summed E-state index contributed by atoms with van der Waals surface area (Å²) < 4.78 is 1.04. The van der Waals surface area contributed by atoms with E-state index < -0.39 is 0 Å². The first-order chi connectivity index (χ1) is 10.8. The molecule has 0 amide bonds. The van der Waals surface area contributed by atoms with Gasteiger partial charge in [0.25, 0.3) is 0 Å². The normalized spacial score (nSPS) is 10.7. The molecule has 3 aromatic rings. The fourth-order valence-corrected chi connectivity index (χ4v) is 2.28. The van der Waals surface area contributed by atoms with Gasteiger partial charge in [0.15, 0.2) is 12.4 Å². The molecule has 1 aromatic heterocycles. The van der Waals surface area contributed by atoms with Crippen molar-refractivity contribution in [1.82, 2.24) is 0 Å². The van der Waals surface area contributed by atoms with Crippen molar-refractivity contribution in [1.29, 1.82) is 0 Å². The summed E-state index contributed by atoms with van der Waals surface area (Å²) in [6.07, 6.45) is 3.78. The highest BCUT2D eigenvalue weighted by Crippen LogP contribution is 2.19. The van der Waals surface area contributed by atoms with Crippen LogP contribution >= 0.6 is 15.9 Å². The molecule has 0 aliphatic carbocycles. The molecule has 1 heterocycles. The summed E-state index contributed by atoms with van der Waals surface area (Å²) in [5, 5.41) is 3.37. The average molecular weight is 389 g/mol. The van der Waals surface area contributed by atoms with Crippen molar-refractivity contribution < 1.29 is 17.4 Å². The quantitative estimate of drug-likeness (QED) is 0.535.